The predicted molar refractivity (Wildman–Crippen MR) is 61.5 cm³/mol. The number of nitroso groups, excluding NO2 is 1. The van der Waals surface area contributed by atoms with Gasteiger partial charge >= 0.3 is 0 Å². The van der Waals surface area contributed by atoms with Crippen molar-refractivity contribution in [3.63, 3.8) is 0 Å². The zero-order chi connectivity index (χ0) is 10.9. The van der Waals surface area contributed by atoms with Crippen LogP contribution in [-0.2, 0) is 0 Å². The van der Waals surface area contributed by atoms with Crippen molar-refractivity contribution in [3.8, 4) is 0 Å². The fourth-order valence-electron chi connectivity index (χ4n) is 1.59. The van der Waals surface area contributed by atoms with Crippen molar-refractivity contribution in [3.05, 3.63) is 35.0 Å². The van der Waals surface area contributed by atoms with Gasteiger partial charge < -0.3 is 0 Å². The van der Waals surface area contributed by atoms with E-state index in [9.17, 15) is 4.91 Å². The van der Waals surface area contributed by atoms with E-state index in [1.807, 2.05) is 18.2 Å². The summed E-state index contributed by atoms with van der Waals surface area (Å²) in [6.45, 7) is 2.17. The van der Waals surface area contributed by atoms with Gasteiger partial charge in [0, 0.05) is 6.20 Å². The molecule has 0 spiro atoms. The molecule has 0 fully saturated rings. The van der Waals surface area contributed by atoms with Crippen LogP contribution in [0.3, 0.4) is 0 Å². The Morgan fingerprint density at radius 3 is 2.80 bits per heavy atom. The molecule has 3 heteroatoms. The molecule has 15 heavy (non-hydrogen) atoms. The average Bonchev–Trinajstić information content (AvgIpc) is 2.30. The zero-order valence-electron chi connectivity index (χ0n) is 9.22. The lowest BCUT2D eigenvalue weighted by atomic mass is 10.1. The lowest BCUT2D eigenvalue weighted by Gasteiger charge is -2.07. The van der Waals surface area contributed by atoms with Crippen molar-refractivity contribution in [2.75, 3.05) is 0 Å². The molecular weight excluding hydrogens is 188 g/mol. The van der Waals surface area contributed by atoms with Crippen LogP contribution in [0.4, 0.5) is 0 Å². The number of aromatic nitrogens is 1. The second kappa shape index (κ2) is 7.10. The molecule has 1 rings (SSSR count). The molecule has 0 aliphatic carbocycles. The maximum Gasteiger partial charge on any atom is 0.134 e. The van der Waals surface area contributed by atoms with Crippen LogP contribution in [-0.4, -0.2) is 4.98 Å². The standard InChI is InChI=1S/C12H18N2O/c1-2-3-4-5-9-12(14-15)11-8-6-7-10-13-11/h6-8,10,12H,2-5,9H2,1H3. The van der Waals surface area contributed by atoms with Crippen LogP contribution in [0.1, 0.15) is 50.8 Å². The van der Waals surface area contributed by atoms with Crippen LogP contribution in [0.2, 0.25) is 0 Å². The van der Waals surface area contributed by atoms with Crippen LogP contribution in [0.15, 0.2) is 29.6 Å². The highest BCUT2D eigenvalue weighted by atomic mass is 16.3. The first-order valence-electron chi connectivity index (χ1n) is 5.62. The summed E-state index contributed by atoms with van der Waals surface area (Å²) in [6, 6.07) is 5.35. The van der Waals surface area contributed by atoms with Crippen molar-refractivity contribution in [1.82, 2.24) is 4.98 Å². The average molecular weight is 206 g/mol. The largest absolute Gasteiger partial charge is 0.259 e. The van der Waals surface area contributed by atoms with E-state index in [-0.39, 0.29) is 6.04 Å². The van der Waals surface area contributed by atoms with Crippen molar-refractivity contribution in [1.29, 1.82) is 0 Å². The van der Waals surface area contributed by atoms with Crippen LogP contribution in [0.5, 0.6) is 0 Å². The topological polar surface area (TPSA) is 42.3 Å². The molecular formula is C12H18N2O. The number of rotatable bonds is 7. The smallest absolute Gasteiger partial charge is 0.134 e. The minimum absolute atomic E-state index is 0.261. The first-order valence-corrected chi connectivity index (χ1v) is 5.62. The highest BCUT2D eigenvalue weighted by Gasteiger charge is 2.11. The third kappa shape index (κ3) is 4.19. The van der Waals surface area contributed by atoms with Crippen molar-refractivity contribution < 1.29 is 0 Å². The fourth-order valence-corrected chi connectivity index (χ4v) is 1.59. The quantitative estimate of drug-likeness (QED) is 0.502. The molecule has 1 atom stereocenters. The molecule has 0 radical (unpaired) electrons. The number of nitrogens with zero attached hydrogens (tertiary/aromatic N) is 2. The summed E-state index contributed by atoms with van der Waals surface area (Å²) in [5.74, 6) is 0. The van der Waals surface area contributed by atoms with Gasteiger partial charge in [-0.3, -0.25) is 4.98 Å². The first kappa shape index (κ1) is 11.8. The summed E-state index contributed by atoms with van der Waals surface area (Å²) >= 11 is 0. The SMILES string of the molecule is CCCCCCC(N=O)c1ccccn1. The summed E-state index contributed by atoms with van der Waals surface area (Å²) in [4.78, 5) is 14.8. The van der Waals surface area contributed by atoms with Gasteiger partial charge in [-0.25, -0.2) is 0 Å². The van der Waals surface area contributed by atoms with Gasteiger partial charge in [0.1, 0.15) is 6.04 Å². The Balaban J connectivity index is 2.39. The molecule has 0 saturated heterocycles. The van der Waals surface area contributed by atoms with Gasteiger partial charge in [-0.2, -0.15) is 4.91 Å². The Morgan fingerprint density at radius 2 is 2.20 bits per heavy atom. The van der Waals surface area contributed by atoms with E-state index in [4.69, 9.17) is 0 Å². The molecule has 0 amide bonds. The Labute approximate surface area is 90.9 Å². The van der Waals surface area contributed by atoms with E-state index in [1.54, 1.807) is 6.20 Å². The summed E-state index contributed by atoms with van der Waals surface area (Å²) < 4.78 is 0. The van der Waals surface area contributed by atoms with Crippen molar-refractivity contribution in [2.24, 2.45) is 5.18 Å². The second-order valence-corrected chi connectivity index (χ2v) is 3.73. The number of pyridine rings is 1. The second-order valence-electron chi connectivity index (χ2n) is 3.73. The first-order chi connectivity index (χ1) is 7.38. The highest BCUT2D eigenvalue weighted by Crippen LogP contribution is 2.21. The fraction of sp³-hybridized carbons (Fsp3) is 0.583. The van der Waals surface area contributed by atoms with Gasteiger partial charge in [-0.1, -0.05) is 43.9 Å². The molecule has 3 nitrogen and oxygen atoms in total. The maximum absolute atomic E-state index is 10.7. The number of unbranched alkanes of at least 4 members (excludes halogenated alkanes) is 3. The van der Waals surface area contributed by atoms with E-state index in [1.165, 1.54) is 19.3 Å². The van der Waals surface area contributed by atoms with Crippen LogP contribution < -0.4 is 0 Å². The molecule has 0 N–H and O–H groups in total. The summed E-state index contributed by atoms with van der Waals surface area (Å²) in [6.07, 6.45) is 7.20. The van der Waals surface area contributed by atoms with E-state index in [0.717, 1.165) is 18.5 Å². The third-order valence-corrected chi connectivity index (χ3v) is 2.49. The van der Waals surface area contributed by atoms with E-state index < -0.39 is 0 Å². The Morgan fingerprint density at radius 1 is 1.33 bits per heavy atom. The Hall–Kier alpha value is -1.25. The maximum atomic E-state index is 10.7. The summed E-state index contributed by atoms with van der Waals surface area (Å²) in [5, 5.41) is 3.14. The molecule has 1 aromatic rings. The summed E-state index contributed by atoms with van der Waals surface area (Å²) in [5.41, 5.74) is 0.795. The molecule has 0 saturated carbocycles. The van der Waals surface area contributed by atoms with Crippen molar-refractivity contribution >= 4 is 0 Å². The van der Waals surface area contributed by atoms with Crippen molar-refractivity contribution in [2.45, 2.75) is 45.1 Å². The molecule has 0 aliphatic heterocycles. The third-order valence-electron chi connectivity index (χ3n) is 2.49. The van der Waals surface area contributed by atoms with E-state index in [2.05, 4.69) is 17.1 Å². The Bertz CT molecular complexity index is 274. The van der Waals surface area contributed by atoms with Crippen LogP contribution in [0.25, 0.3) is 0 Å². The van der Waals surface area contributed by atoms with Gasteiger partial charge in [0.2, 0.25) is 0 Å². The summed E-state index contributed by atoms with van der Waals surface area (Å²) in [7, 11) is 0. The molecule has 0 aromatic carbocycles. The lowest BCUT2D eigenvalue weighted by molar-refractivity contribution is 0.556. The Kier molecular flexibility index (Phi) is 5.59. The number of hydrogen-bond donors (Lipinski definition) is 0. The minimum atomic E-state index is -0.261. The monoisotopic (exact) mass is 206 g/mol. The predicted octanol–water partition coefficient (Wildman–Crippen LogP) is 3.86. The van der Waals surface area contributed by atoms with Gasteiger partial charge in [-0.15, -0.1) is 0 Å². The molecule has 1 heterocycles. The van der Waals surface area contributed by atoms with Crippen LogP contribution in [0, 0.1) is 4.91 Å². The normalized spacial score (nSPS) is 12.3. The highest BCUT2D eigenvalue weighted by molar-refractivity contribution is 5.08. The van der Waals surface area contributed by atoms with Crippen LogP contribution >= 0.6 is 0 Å². The minimum Gasteiger partial charge on any atom is -0.259 e. The molecule has 0 aliphatic rings. The van der Waals surface area contributed by atoms with Gasteiger partial charge in [0.05, 0.1) is 5.69 Å². The van der Waals surface area contributed by atoms with E-state index in [0.29, 0.717) is 0 Å². The zero-order valence-corrected chi connectivity index (χ0v) is 9.22. The molecule has 0 bridgehead atoms. The molecule has 1 unspecified atom stereocenters. The van der Waals surface area contributed by atoms with E-state index >= 15 is 0 Å². The molecule has 1 aromatic heterocycles. The van der Waals surface area contributed by atoms with Gasteiger partial charge in [-0.05, 0) is 18.6 Å². The molecule has 82 valence electrons. The van der Waals surface area contributed by atoms with Gasteiger partial charge in [0.15, 0.2) is 0 Å². The lowest BCUT2D eigenvalue weighted by Crippen LogP contribution is -1.97. The number of hydrogen-bond acceptors (Lipinski definition) is 3. The van der Waals surface area contributed by atoms with Gasteiger partial charge in [0.25, 0.3) is 0 Å².